The summed E-state index contributed by atoms with van der Waals surface area (Å²) in [5.41, 5.74) is 2.03. The molecule has 1 aromatic carbocycles. The van der Waals surface area contributed by atoms with Gasteiger partial charge in [-0.05, 0) is 18.2 Å². The van der Waals surface area contributed by atoms with E-state index in [0.29, 0.717) is 12.5 Å². The fourth-order valence-electron chi connectivity index (χ4n) is 2.67. The van der Waals surface area contributed by atoms with E-state index in [0.717, 1.165) is 38.9 Å². The van der Waals surface area contributed by atoms with Crippen molar-refractivity contribution < 1.29 is 4.74 Å². The van der Waals surface area contributed by atoms with E-state index in [4.69, 9.17) is 9.72 Å². The molecule has 0 spiro atoms. The lowest BCUT2D eigenvalue weighted by atomic mass is 10.1. The molecule has 0 atom stereocenters. The summed E-state index contributed by atoms with van der Waals surface area (Å²) in [7, 11) is 0. The van der Waals surface area contributed by atoms with Gasteiger partial charge in [0.1, 0.15) is 17.9 Å². The van der Waals surface area contributed by atoms with E-state index < -0.39 is 0 Å². The first-order valence-electron chi connectivity index (χ1n) is 7.46. The zero-order valence-electron chi connectivity index (χ0n) is 12.8. The lowest BCUT2D eigenvalue weighted by Gasteiger charge is -2.07. The Morgan fingerprint density at radius 2 is 2.22 bits per heavy atom. The summed E-state index contributed by atoms with van der Waals surface area (Å²) in [6.45, 7) is 4.88. The van der Waals surface area contributed by atoms with Gasteiger partial charge in [0, 0.05) is 27.3 Å². The Balaban J connectivity index is 1.86. The average molecular weight is 391 g/mol. The topological polar surface area (TPSA) is 52.8 Å². The van der Waals surface area contributed by atoms with Crippen LogP contribution in [0.25, 0.3) is 16.4 Å². The molecule has 5 nitrogen and oxygen atoms in total. The van der Waals surface area contributed by atoms with Crippen LogP contribution in [0.4, 0.5) is 0 Å². The predicted molar refractivity (Wildman–Crippen MR) is 93.5 cm³/mol. The van der Waals surface area contributed by atoms with Crippen molar-refractivity contribution in [2.24, 2.45) is 0 Å². The quantitative estimate of drug-likeness (QED) is 0.657. The second kappa shape index (κ2) is 5.72. The Morgan fingerprint density at radius 3 is 3.04 bits per heavy atom. The molecule has 0 unspecified atom stereocenters. The molecular weight excluding hydrogens is 376 g/mol. The zero-order valence-corrected chi connectivity index (χ0v) is 15.2. The third-order valence-electron chi connectivity index (χ3n) is 3.74. The van der Waals surface area contributed by atoms with E-state index >= 15 is 0 Å². The predicted octanol–water partition coefficient (Wildman–Crippen LogP) is 4.21. The minimum Gasteiger partial charge on any atom is -0.492 e. The number of ether oxygens (including phenoxy) is 1. The SMILES string of the molecule is CC(C)c1ncnn1-c1nc2c(s1)CCOc1cc(Br)ccc1-2. The highest BCUT2D eigenvalue weighted by Gasteiger charge is 2.22. The molecule has 23 heavy (non-hydrogen) atoms. The second-order valence-electron chi connectivity index (χ2n) is 5.69. The van der Waals surface area contributed by atoms with Crippen molar-refractivity contribution in [3.63, 3.8) is 0 Å². The Hall–Kier alpha value is -1.73. The van der Waals surface area contributed by atoms with Gasteiger partial charge in [-0.2, -0.15) is 9.78 Å². The molecule has 4 rings (SSSR count). The molecule has 0 aliphatic carbocycles. The molecule has 1 aliphatic heterocycles. The van der Waals surface area contributed by atoms with E-state index in [9.17, 15) is 0 Å². The first-order chi connectivity index (χ1) is 11.1. The molecule has 3 heterocycles. The van der Waals surface area contributed by atoms with Gasteiger partial charge in [0.2, 0.25) is 5.13 Å². The number of hydrogen-bond donors (Lipinski definition) is 0. The number of aromatic nitrogens is 4. The van der Waals surface area contributed by atoms with Gasteiger partial charge in [0.25, 0.3) is 0 Å². The molecule has 118 valence electrons. The van der Waals surface area contributed by atoms with Crippen LogP contribution in [-0.2, 0) is 6.42 Å². The van der Waals surface area contributed by atoms with E-state index in [2.05, 4.69) is 45.9 Å². The molecule has 0 saturated carbocycles. The summed E-state index contributed by atoms with van der Waals surface area (Å²) in [6, 6.07) is 6.07. The van der Waals surface area contributed by atoms with Gasteiger partial charge in [0.15, 0.2) is 0 Å². The van der Waals surface area contributed by atoms with Crippen LogP contribution in [0.3, 0.4) is 0 Å². The van der Waals surface area contributed by atoms with Gasteiger partial charge in [0.05, 0.1) is 12.3 Å². The van der Waals surface area contributed by atoms with Crippen LogP contribution in [-0.4, -0.2) is 26.4 Å². The lowest BCUT2D eigenvalue weighted by molar-refractivity contribution is 0.327. The number of nitrogens with zero attached hydrogens (tertiary/aromatic N) is 4. The molecule has 2 aromatic heterocycles. The fourth-order valence-corrected chi connectivity index (χ4v) is 4.03. The van der Waals surface area contributed by atoms with Crippen molar-refractivity contribution in [2.75, 3.05) is 6.61 Å². The maximum absolute atomic E-state index is 5.86. The Labute approximate surface area is 146 Å². The van der Waals surface area contributed by atoms with E-state index in [1.165, 1.54) is 4.88 Å². The van der Waals surface area contributed by atoms with Crippen LogP contribution in [0.2, 0.25) is 0 Å². The van der Waals surface area contributed by atoms with Crippen LogP contribution >= 0.6 is 27.3 Å². The minimum atomic E-state index is 0.299. The summed E-state index contributed by atoms with van der Waals surface area (Å²) in [5.74, 6) is 2.10. The summed E-state index contributed by atoms with van der Waals surface area (Å²) in [4.78, 5) is 10.4. The fraction of sp³-hybridized carbons (Fsp3) is 0.312. The third kappa shape index (κ3) is 2.57. The van der Waals surface area contributed by atoms with Crippen molar-refractivity contribution >= 4 is 27.3 Å². The van der Waals surface area contributed by atoms with Crippen LogP contribution < -0.4 is 4.74 Å². The van der Waals surface area contributed by atoms with Crippen LogP contribution in [0.1, 0.15) is 30.5 Å². The monoisotopic (exact) mass is 390 g/mol. The number of halogens is 1. The summed E-state index contributed by atoms with van der Waals surface area (Å²) >= 11 is 5.16. The van der Waals surface area contributed by atoms with Gasteiger partial charge in [-0.25, -0.2) is 9.97 Å². The molecule has 0 N–H and O–H groups in total. The standard InChI is InChI=1S/C16H15BrN4OS/c1-9(2)15-18-8-19-21(15)16-20-14-11-4-3-10(17)7-12(11)22-6-5-13(14)23-16/h3-4,7-9H,5-6H2,1-2H3. The normalized spacial score (nSPS) is 13.4. The van der Waals surface area contributed by atoms with Crippen LogP contribution in [0.15, 0.2) is 29.0 Å². The van der Waals surface area contributed by atoms with E-state index in [1.54, 1.807) is 17.7 Å². The molecule has 0 fully saturated rings. The number of fused-ring (bicyclic) bond motifs is 3. The third-order valence-corrected chi connectivity index (χ3v) is 5.33. The van der Waals surface area contributed by atoms with Gasteiger partial charge in [-0.3, -0.25) is 0 Å². The summed E-state index contributed by atoms with van der Waals surface area (Å²) < 4.78 is 8.72. The van der Waals surface area contributed by atoms with Crippen LogP contribution in [0, 0.1) is 0 Å². The number of benzene rings is 1. The zero-order chi connectivity index (χ0) is 16.0. The van der Waals surface area contributed by atoms with Crippen molar-refractivity contribution in [1.82, 2.24) is 19.7 Å². The first-order valence-corrected chi connectivity index (χ1v) is 9.07. The minimum absolute atomic E-state index is 0.299. The molecule has 0 bridgehead atoms. The van der Waals surface area contributed by atoms with Crippen molar-refractivity contribution in [2.45, 2.75) is 26.2 Å². The lowest BCUT2D eigenvalue weighted by Crippen LogP contribution is -2.04. The Morgan fingerprint density at radius 1 is 1.35 bits per heavy atom. The van der Waals surface area contributed by atoms with E-state index in [-0.39, 0.29) is 0 Å². The maximum atomic E-state index is 5.86. The largest absolute Gasteiger partial charge is 0.492 e. The van der Waals surface area contributed by atoms with Crippen molar-refractivity contribution in [3.8, 4) is 22.1 Å². The summed E-state index contributed by atoms with van der Waals surface area (Å²) in [6.07, 6.45) is 2.45. The Bertz CT molecular complexity index is 871. The number of hydrogen-bond acceptors (Lipinski definition) is 5. The smallest absolute Gasteiger partial charge is 0.212 e. The van der Waals surface area contributed by atoms with Gasteiger partial charge in [-0.1, -0.05) is 41.1 Å². The molecule has 0 radical (unpaired) electrons. The van der Waals surface area contributed by atoms with Gasteiger partial charge in [-0.15, -0.1) is 0 Å². The molecule has 1 aliphatic rings. The number of thiazole rings is 1. The first kappa shape index (κ1) is 14.8. The average Bonchev–Trinajstić information content (AvgIpc) is 3.11. The van der Waals surface area contributed by atoms with Crippen molar-refractivity contribution in [1.29, 1.82) is 0 Å². The van der Waals surface area contributed by atoms with Crippen molar-refractivity contribution in [3.05, 3.63) is 39.7 Å². The molecule has 0 amide bonds. The second-order valence-corrected chi connectivity index (χ2v) is 7.67. The molecule has 3 aromatic rings. The van der Waals surface area contributed by atoms with Crippen LogP contribution in [0.5, 0.6) is 5.75 Å². The highest BCUT2D eigenvalue weighted by atomic mass is 79.9. The molecule has 7 heteroatoms. The highest BCUT2D eigenvalue weighted by Crippen LogP contribution is 2.39. The number of rotatable bonds is 2. The van der Waals surface area contributed by atoms with Gasteiger partial charge < -0.3 is 4.74 Å². The molecular formula is C16H15BrN4OS. The summed E-state index contributed by atoms with van der Waals surface area (Å²) in [5, 5.41) is 5.23. The molecule has 0 saturated heterocycles. The Kier molecular flexibility index (Phi) is 3.69. The van der Waals surface area contributed by atoms with E-state index in [1.807, 2.05) is 16.8 Å². The van der Waals surface area contributed by atoms with Gasteiger partial charge >= 0.3 is 0 Å². The maximum Gasteiger partial charge on any atom is 0.212 e. The highest BCUT2D eigenvalue weighted by molar-refractivity contribution is 9.10.